The maximum Gasteiger partial charge on any atom is 0.407 e. The van der Waals surface area contributed by atoms with Crippen LogP contribution < -0.4 is 14.8 Å². The molecule has 0 atom stereocenters. The number of hydrogen-bond donors (Lipinski definition) is 1. The van der Waals surface area contributed by atoms with E-state index in [2.05, 4.69) is 10.3 Å². The molecule has 0 saturated heterocycles. The molecule has 1 aliphatic heterocycles. The molecule has 1 N–H and O–H groups in total. The molecule has 188 valence electrons. The van der Waals surface area contributed by atoms with E-state index < -0.39 is 17.1 Å². The third-order valence-electron chi connectivity index (χ3n) is 6.47. The van der Waals surface area contributed by atoms with Crippen molar-refractivity contribution >= 4 is 11.9 Å². The Hall–Kier alpha value is -3.87. The van der Waals surface area contributed by atoms with Crippen molar-refractivity contribution in [1.29, 1.82) is 0 Å². The summed E-state index contributed by atoms with van der Waals surface area (Å²) in [5.74, 6) is 1.61. The first-order valence-corrected chi connectivity index (χ1v) is 12.2. The summed E-state index contributed by atoms with van der Waals surface area (Å²) in [6.07, 6.45) is 3.32. The molecule has 7 heteroatoms. The van der Waals surface area contributed by atoms with Gasteiger partial charge in [-0.15, -0.1) is 0 Å². The monoisotopic (exact) mass is 488 g/mol. The van der Waals surface area contributed by atoms with Crippen molar-refractivity contribution in [3.8, 4) is 22.6 Å². The van der Waals surface area contributed by atoms with Gasteiger partial charge in [-0.25, -0.2) is 4.79 Å². The minimum atomic E-state index is -0.537. The van der Waals surface area contributed by atoms with Crippen molar-refractivity contribution in [3.63, 3.8) is 0 Å². The Morgan fingerprint density at radius 1 is 1.03 bits per heavy atom. The molecule has 0 radical (unpaired) electrons. The standard InChI is InChI=1S/C29H30N2O5.H2/c1-28(2,3)36-27(33)31-16-19-5-4-6-20(13-19)21-7-9-23(30-17-21)15-26(32)29(11-12-29)22-8-10-24-25(14-22)35-18-34-24;/h4-10,13-14,17H,11-12,15-16,18H2,1-3H3,(H,31,33);1H. The van der Waals surface area contributed by atoms with Gasteiger partial charge >= 0.3 is 6.09 Å². The number of aromatic nitrogens is 1. The van der Waals surface area contributed by atoms with Crippen molar-refractivity contribution in [2.24, 2.45) is 0 Å². The normalized spacial score (nSPS) is 15.3. The first-order valence-electron chi connectivity index (χ1n) is 12.2. The third kappa shape index (κ3) is 5.20. The summed E-state index contributed by atoms with van der Waals surface area (Å²) in [6, 6.07) is 17.6. The van der Waals surface area contributed by atoms with Gasteiger partial charge in [-0.1, -0.05) is 30.3 Å². The number of carbonyl (C=O) groups excluding carboxylic acids is 2. The van der Waals surface area contributed by atoms with Crippen molar-refractivity contribution in [2.45, 2.75) is 57.6 Å². The number of benzene rings is 2. The highest BCUT2D eigenvalue weighted by Gasteiger charge is 2.50. The molecule has 1 amide bonds. The highest BCUT2D eigenvalue weighted by atomic mass is 16.7. The van der Waals surface area contributed by atoms with E-state index >= 15 is 0 Å². The van der Waals surface area contributed by atoms with E-state index in [-0.39, 0.29) is 20.4 Å². The number of fused-ring (bicyclic) bond motifs is 1. The highest BCUT2D eigenvalue weighted by molar-refractivity contribution is 5.94. The number of Topliss-reactive ketones (excluding diaryl/α,β-unsaturated/α-hetero) is 1. The lowest BCUT2D eigenvalue weighted by molar-refractivity contribution is -0.120. The van der Waals surface area contributed by atoms with Crippen LogP contribution in [0.5, 0.6) is 11.5 Å². The Labute approximate surface area is 212 Å². The van der Waals surface area contributed by atoms with Crippen LogP contribution in [0.25, 0.3) is 11.1 Å². The summed E-state index contributed by atoms with van der Waals surface area (Å²) in [4.78, 5) is 29.8. The molecule has 1 fully saturated rings. The summed E-state index contributed by atoms with van der Waals surface area (Å²) >= 11 is 0. The van der Waals surface area contributed by atoms with Crippen molar-refractivity contribution in [2.75, 3.05) is 6.79 Å². The van der Waals surface area contributed by atoms with Crippen LogP contribution in [0.2, 0.25) is 0 Å². The van der Waals surface area contributed by atoms with Crippen LogP contribution in [-0.4, -0.2) is 29.3 Å². The second-order valence-corrected chi connectivity index (χ2v) is 10.3. The molecular weight excluding hydrogens is 456 g/mol. The zero-order chi connectivity index (χ0) is 25.3. The average Bonchev–Trinajstić information content (AvgIpc) is 3.53. The SMILES string of the molecule is CC(C)(C)OC(=O)NCc1cccc(-c2ccc(CC(=O)C3(c4ccc5c(c4)OCO5)CC3)nc2)c1.[HH]. The molecule has 1 aliphatic carbocycles. The van der Waals surface area contributed by atoms with Gasteiger partial charge in [0.15, 0.2) is 11.5 Å². The lowest BCUT2D eigenvalue weighted by atomic mass is 9.88. The number of alkyl carbamates (subject to hydrolysis) is 1. The fourth-order valence-corrected chi connectivity index (χ4v) is 4.43. The van der Waals surface area contributed by atoms with E-state index in [1.165, 1.54) is 0 Å². The van der Waals surface area contributed by atoms with Crippen molar-refractivity contribution < 1.29 is 25.2 Å². The maximum atomic E-state index is 13.3. The summed E-state index contributed by atoms with van der Waals surface area (Å²) in [7, 11) is 0. The molecule has 5 rings (SSSR count). The molecule has 2 aliphatic rings. The quantitative estimate of drug-likeness (QED) is 0.466. The number of carbonyl (C=O) groups is 2. The van der Waals surface area contributed by atoms with Gasteiger partial charge in [-0.05, 0) is 74.6 Å². The first-order chi connectivity index (χ1) is 17.2. The molecule has 0 bridgehead atoms. The Bertz CT molecular complexity index is 1300. The van der Waals surface area contributed by atoms with E-state index in [0.29, 0.717) is 12.3 Å². The number of rotatable bonds is 7. The van der Waals surface area contributed by atoms with Crippen molar-refractivity contribution in [1.82, 2.24) is 10.3 Å². The third-order valence-corrected chi connectivity index (χ3v) is 6.47. The number of nitrogens with zero attached hydrogens (tertiary/aromatic N) is 1. The zero-order valence-electron chi connectivity index (χ0n) is 20.8. The van der Waals surface area contributed by atoms with E-state index in [1.54, 1.807) is 6.20 Å². The molecule has 3 aromatic rings. The summed E-state index contributed by atoms with van der Waals surface area (Å²) in [5, 5.41) is 2.78. The van der Waals surface area contributed by atoms with Gasteiger partial charge in [0.25, 0.3) is 0 Å². The number of amides is 1. The fourth-order valence-electron chi connectivity index (χ4n) is 4.43. The van der Waals surface area contributed by atoms with Gasteiger partial charge in [0.2, 0.25) is 6.79 Å². The molecule has 2 heterocycles. The van der Waals surface area contributed by atoms with Gasteiger partial charge in [0.05, 0.1) is 5.41 Å². The van der Waals surface area contributed by atoms with Crippen LogP contribution in [0.3, 0.4) is 0 Å². The molecule has 36 heavy (non-hydrogen) atoms. The number of pyridine rings is 1. The Morgan fingerprint density at radius 2 is 1.83 bits per heavy atom. The van der Waals surface area contributed by atoms with Crippen LogP contribution in [0.1, 0.15) is 51.9 Å². The second-order valence-electron chi connectivity index (χ2n) is 10.3. The van der Waals surface area contributed by atoms with Crippen LogP contribution in [-0.2, 0) is 27.9 Å². The molecular formula is C29H32N2O5. The maximum absolute atomic E-state index is 13.3. The Kier molecular flexibility index (Phi) is 6.16. The topological polar surface area (TPSA) is 86.8 Å². The molecule has 1 aromatic heterocycles. The van der Waals surface area contributed by atoms with Gasteiger partial charge in [-0.2, -0.15) is 0 Å². The van der Waals surface area contributed by atoms with E-state index in [4.69, 9.17) is 14.2 Å². The summed E-state index contributed by atoms with van der Waals surface area (Å²) < 4.78 is 16.2. The highest BCUT2D eigenvalue weighted by Crippen LogP contribution is 2.51. The molecule has 0 unspecified atom stereocenters. The molecule has 1 saturated carbocycles. The van der Waals surface area contributed by atoms with Crippen molar-refractivity contribution in [3.05, 3.63) is 77.6 Å². The van der Waals surface area contributed by atoms with Gasteiger partial charge in [-0.3, -0.25) is 9.78 Å². The van der Waals surface area contributed by atoms with E-state index in [0.717, 1.165) is 46.5 Å². The minimum Gasteiger partial charge on any atom is -0.454 e. The van der Waals surface area contributed by atoms with Gasteiger partial charge < -0.3 is 19.5 Å². The lowest BCUT2D eigenvalue weighted by Gasteiger charge is -2.19. The predicted molar refractivity (Wildman–Crippen MR) is 137 cm³/mol. The summed E-state index contributed by atoms with van der Waals surface area (Å²) in [6.45, 7) is 6.09. The summed E-state index contributed by atoms with van der Waals surface area (Å²) in [5.41, 5.74) is 3.65. The largest absolute Gasteiger partial charge is 0.454 e. The van der Waals surface area contributed by atoms with Crippen LogP contribution in [0, 0.1) is 0 Å². The number of nitrogens with one attached hydrogen (secondary N) is 1. The lowest BCUT2D eigenvalue weighted by Crippen LogP contribution is -2.32. The van der Waals surface area contributed by atoms with Gasteiger partial charge in [0.1, 0.15) is 11.4 Å². The number of ketones is 1. The van der Waals surface area contributed by atoms with E-state index in [1.807, 2.05) is 75.4 Å². The number of hydrogen-bond acceptors (Lipinski definition) is 6. The molecule has 2 aromatic carbocycles. The van der Waals surface area contributed by atoms with Crippen LogP contribution >= 0.6 is 0 Å². The Balaban J connectivity index is 0.00000320. The van der Waals surface area contributed by atoms with Crippen LogP contribution in [0.4, 0.5) is 4.79 Å². The predicted octanol–water partition coefficient (Wildman–Crippen LogP) is 5.59. The minimum absolute atomic E-state index is 0. The Morgan fingerprint density at radius 3 is 2.56 bits per heavy atom. The van der Waals surface area contributed by atoms with Gasteiger partial charge in [0, 0.05) is 31.8 Å². The molecule has 7 nitrogen and oxygen atoms in total. The second kappa shape index (κ2) is 9.30. The number of ether oxygens (including phenoxy) is 3. The zero-order valence-corrected chi connectivity index (χ0v) is 20.8. The fraction of sp³-hybridized carbons (Fsp3) is 0.345. The van der Waals surface area contributed by atoms with E-state index in [9.17, 15) is 9.59 Å². The smallest absolute Gasteiger partial charge is 0.407 e. The first kappa shape index (κ1) is 23.9. The van der Waals surface area contributed by atoms with Crippen LogP contribution in [0.15, 0.2) is 60.8 Å². The molecule has 0 spiro atoms. The average molecular weight is 489 g/mol.